The Bertz CT molecular complexity index is 424. The number of nitrogens with one attached hydrogen (secondary N) is 1. The molecular weight excluding hydrogens is 268 g/mol. The first-order valence-corrected chi connectivity index (χ1v) is 6.27. The fourth-order valence-corrected chi connectivity index (χ4v) is 1.78. The number of rotatable bonds is 6. The lowest BCUT2D eigenvalue weighted by atomic mass is 10.1. The normalized spacial score (nSPS) is 14.3. The van der Waals surface area contributed by atoms with Crippen molar-refractivity contribution in [2.75, 3.05) is 51.5 Å². The molecule has 19 heavy (non-hydrogen) atoms. The molecule has 1 unspecified atom stereocenters. The Labute approximate surface area is 118 Å². The maximum Gasteiger partial charge on any atom is 0.230 e. The zero-order valence-corrected chi connectivity index (χ0v) is 12.7. The first-order chi connectivity index (χ1) is 8.69. The highest BCUT2D eigenvalue weighted by atomic mass is 35.5. The Hall–Kier alpha value is -1.18. The van der Waals surface area contributed by atoms with Crippen LogP contribution in [0.4, 0.5) is 11.9 Å². The molecule has 0 aromatic carbocycles. The Balaban J connectivity index is 2.72. The standard InChI is InChI=1S/C11H21ClN6O/c1-11(19,7-17(2)3)6-13-9-14-8(12)15-10(16-9)18(4)5/h19H,6-7H2,1-5H3,(H,13,14,15,16). The van der Waals surface area contributed by atoms with E-state index in [1.807, 2.05) is 33.1 Å². The van der Waals surface area contributed by atoms with Crippen LogP contribution < -0.4 is 10.2 Å². The van der Waals surface area contributed by atoms with Gasteiger partial charge >= 0.3 is 0 Å². The average molecular weight is 289 g/mol. The zero-order valence-electron chi connectivity index (χ0n) is 12.0. The van der Waals surface area contributed by atoms with Gasteiger partial charge in [0.15, 0.2) is 0 Å². The van der Waals surface area contributed by atoms with Crippen molar-refractivity contribution in [3.05, 3.63) is 5.28 Å². The third-order valence-corrected chi connectivity index (χ3v) is 2.45. The van der Waals surface area contributed by atoms with Crippen molar-refractivity contribution >= 4 is 23.5 Å². The van der Waals surface area contributed by atoms with Gasteiger partial charge in [-0.3, -0.25) is 0 Å². The fraction of sp³-hybridized carbons (Fsp3) is 0.727. The number of aliphatic hydroxyl groups is 1. The molecule has 0 saturated heterocycles. The molecule has 8 heteroatoms. The van der Waals surface area contributed by atoms with Gasteiger partial charge in [0, 0.05) is 27.2 Å². The quantitative estimate of drug-likeness (QED) is 0.780. The van der Waals surface area contributed by atoms with Crippen molar-refractivity contribution in [1.29, 1.82) is 0 Å². The summed E-state index contributed by atoms with van der Waals surface area (Å²) in [6, 6.07) is 0. The van der Waals surface area contributed by atoms with E-state index in [4.69, 9.17) is 11.6 Å². The van der Waals surface area contributed by atoms with Crippen molar-refractivity contribution < 1.29 is 5.11 Å². The van der Waals surface area contributed by atoms with Gasteiger partial charge in [0.2, 0.25) is 17.2 Å². The number of hydrogen-bond donors (Lipinski definition) is 2. The number of aromatic nitrogens is 3. The molecular formula is C11H21ClN6O. The largest absolute Gasteiger partial charge is 0.387 e. The summed E-state index contributed by atoms with van der Waals surface area (Å²) in [6.45, 7) is 2.59. The molecule has 1 atom stereocenters. The van der Waals surface area contributed by atoms with Crippen LogP contribution in [0.3, 0.4) is 0 Å². The molecule has 0 aliphatic carbocycles. The minimum atomic E-state index is -0.888. The Morgan fingerprint density at radius 2 is 1.84 bits per heavy atom. The predicted molar refractivity (Wildman–Crippen MR) is 76.8 cm³/mol. The van der Waals surface area contributed by atoms with E-state index >= 15 is 0 Å². The molecule has 0 spiro atoms. The lowest BCUT2D eigenvalue weighted by Gasteiger charge is -2.27. The van der Waals surface area contributed by atoms with E-state index in [1.54, 1.807) is 11.8 Å². The molecule has 108 valence electrons. The van der Waals surface area contributed by atoms with E-state index in [1.165, 1.54) is 0 Å². The number of anilines is 2. The molecule has 2 N–H and O–H groups in total. The Morgan fingerprint density at radius 3 is 2.37 bits per heavy atom. The van der Waals surface area contributed by atoms with Gasteiger partial charge in [-0.25, -0.2) is 0 Å². The molecule has 1 heterocycles. The van der Waals surface area contributed by atoms with Crippen molar-refractivity contribution in [2.45, 2.75) is 12.5 Å². The van der Waals surface area contributed by atoms with Gasteiger partial charge in [0.1, 0.15) is 0 Å². The van der Waals surface area contributed by atoms with E-state index in [-0.39, 0.29) is 5.28 Å². The van der Waals surface area contributed by atoms with Crippen LogP contribution in [0.1, 0.15) is 6.92 Å². The number of halogens is 1. The highest BCUT2D eigenvalue weighted by Crippen LogP contribution is 2.13. The SMILES string of the molecule is CN(C)CC(C)(O)CNc1nc(Cl)nc(N(C)C)n1. The lowest BCUT2D eigenvalue weighted by Crippen LogP contribution is -2.43. The summed E-state index contributed by atoms with van der Waals surface area (Å²) in [7, 11) is 7.44. The van der Waals surface area contributed by atoms with Crippen LogP contribution in [0.15, 0.2) is 0 Å². The molecule has 0 radical (unpaired) electrons. The lowest BCUT2D eigenvalue weighted by molar-refractivity contribution is 0.0458. The van der Waals surface area contributed by atoms with Crippen LogP contribution in [0.2, 0.25) is 5.28 Å². The van der Waals surface area contributed by atoms with Gasteiger partial charge in [0.25, 0.3) is 0 Å². The van der Waals surface area contributed by atoms with Crippen LogP contribution >= 0.6 is 11.6 Å². The molecule has 0 amide bonds. The molecule has 0 aliphatic heterocycles. The van der Waals surface area contributed by atoms with Crippen molar-refractivity contribution in [1.82, 2.24) is 19.9 Å². The predicted octanol–water partition coefficient (Wildman–Crippen LogP) is 0.315. The molecule has 1 rings (SSSR count). The Kier molecular flexibility index (Phi) is 5.28. The minimum absolute atomic E-state index is 0.119. The van der Waals surface area contributed by atoms with Gasteiger partial charge < -0.3 is 20.2 Å². The number of likely N-dealkylation sites (N-methyl/N-ethyl adjacent to an activating group) is 1. The van der Waals surface area contributed by atoms with Crippen LogP contribution in [-0.4, -0.2) is 71.8 Å². The second-order valence-corrected chi connectivity index (χ2v) is 5.55. The molecule has 1 aromatic rings. The smallest absolute Gasteiger partial charge is 0.230 e. The van der Waals surface area contributed by atoms with Crippen LogP contribution in [0, 0.1) is 0 Å². The summed E-state index contributed by atoms with van der Waals surface area (Å²) in [6.07, 6.45) is 0. The first-order valence-electron chi connectivity index (χ1n) is 5.89. The van der Waals surface area contributed by atoms with Crippen LogP contribution in [0.25, 0.3) is 0 Å². The van der Waals surface area contributed by atoms with Gasteiger partial charge in [-0.05, 0) is 32.6 Å². The van der Waals surface area contributed by atoms with E-state index < -0.39 is 5.60 Å². The van der Waals surface area contributed by atoms with Crippen molar-refractivity contribution in [3.8, 4) is 0 Å². The van der Waals surface area contributed by atoms with Crippen LogP contribution in [0.5, 0.6) is 0 Å². The molecule has 7 nitrogen and oxygen atoms in total. The fourth-order valence-electron chi connectivity index (χ4n) is 1.63. The Morgan fingerprint density at radius 1 is 1.21 bits per heavy atom. The molecule has 0 bridgehead atoms. The van der Waals surface area contributed by atoms with E-state index in [0.717, 1.165) is 0 Å². The summed E-state index contributed by atoms with van der Waals surface area (Å²) >= 11 is 5.83. The third-order valence-electron chi connectivity index (χ3n) is 2.28. The van der Waals surface area contributed by atoms with E-state index in [2.05, 4.69) is 20.3 Å². The third kappa shape index (κ3) is 5.54. The average Bonchev–Trinajstić information content (AvgIpc) is 2.24. The highest BCUT2D eigenvalue weighted by Gasteiger charge is 2.21. The highest BCUT2D eigenvalue weighted by molar-refractivity contribution is 6.28. The number of hydrogen-bond acceptors (Lipinski definition) is 7. The summed E-state index contributed by atoms with van der Waals surface area (Å²) in [5.41, 5.74) is -0.888. The topological polar surface area (TPSA) is 77.4 Å². The maximum atomic E-state index is 10.2. The van der Waals surface area contributed by atoms with E-state index in [9.17, 15) is 5.11 Å². The summed E-state index contributed by atoms with van der Waals surface area (Å²) in [5, 5.41) is 13.3. The number of nitrogens with zero attached hydrogens (tertiary/aromatic N) is 5. The summed E-state index contributed by atoms with van der Waals surface area (Å²) in [4.78, 5) is 15.8. The second-order valence-electron chi connectivity index (χ2n) is 5.21. The molecule has 0 aliphatic rings. The first kappa shape index (κ1) is 15.9. The zero-order chi connectivity index (χ0) is 14.6. The van der Waals surface area contributed by atoms with Gasteiger partial charge in [0.05, 0.1) is 5.60 Å². The monoisotopic (exact) mass is 288 g/mol. The van der Waals surface area contributed by atoms with Crippen LogP contribution in [-0.2, 0) is 0 Å². The molecule has 0 fully saturated rings. The van der Waals surface area contributed by atoms with Gasteiger partial charge in [-0.2, -0.15) is 15.0 Å². The molecule has 1 aromatic heterocycles. The maximum absolute atomic E-state index is 10.2. The van der Waals surface area contributed by atoms with Gasteiger partial charge in [-0.15, -0.1) is 0 Å². The minimum Gasteiger partial charge on any atom is -0.387 e. The van der Waals surface area contributed by atoms with Gasteiger partial charge in [-0.1, -0.05) is 0 Å². The van der Waals surface area contributed by atoms with Crippen molar-refractivity contribution in [2.24, 2.45) is 0 Å². The summed E-state index contributed by atoms with van der Waals surface area (Å²) < 4.78 is 0. The molecule has 0 saturated carbocycles. The summed E-state index contributed by atoms with van der Waals surface area (Å²) in [5.74, 6) is 0.817. The second kappa shape index (κ2) is 6.31. The van der Waals surface area contributed by atoms with Crippen molar-refractivity contribution in [3.63, 3.8) is 0 Å². The van der Waals surface area contributed by atoms with E-state index in [0.29, 0.717) is 25.0 Å².